The molecule has 1 rings (SSSR count). The second-order valence-electron chi connectivity index (χ2n) is 5.29. The first-order chi connectivity index (χ1) is 9.86. The molecule has 0 saturated heterocycles. The molecule has 0 aliphatic rings. The van der Waals surface area contributed by atoms with E-state index in [1.807, 2.05) is 39.0 Å². The minimum atomic E-state index is -0.0855. The Labute approximate surface area is 126 Å². The summed E-state index contributed by atoms with van der Waals surface area (Å²) in [6, 6.07) is 5.68. The zero-order chi connectivity index (χ0) is 16.0. The molecule has 0 aliphatic heterocycles. The molecular formula is C16H24N2O3. The summed E-state index contributed by atoms with van der Waals surface area (Å²) in [5.41, 5.74) is 1.77. The monoisotopic (exact) mass is 292 g/mol. The number of hydrogen-bond acceptors (Lipinski definition) is 3. The van der Waals surface area contributed by atoms with Crippen LogP contribution < -0.4 is 15.0 Å². The number of methoxy groups -OCH3 is 1. The molecule has 1 aromatic rings. The summed E-state index contributed by atoms with van der Waals surface area (Å²) in [7, 11) is 1.58. The SMILES string of the molecule is COc1ccc(C)cc1N(CCNC(=O)C(C)C)C(C)=O. The van der Waals surface area contributed by atoms with Crippen molar-refractivity contribution in [1.82, 2.24) is 5.32 Å². The highest BCUT2D eigenvalue weighted by Gasteiger charge is 2.16. The first kappa shape index (κ1) is 17.0. The van der Waals surface area contributed by atoms with Crippen molar-refractivity contribution in [3.63, 3.8) is 0 Å². The highest BCUT2D eigenvalue weighted by atomic mass is 16.5. The van der Waals surface area contributed by atoms with E-state index >= 15 is 0 Å². The van der Waals surface area contributed by atoms with Crippen molar-refractivity contribution in [3.8, 4) is 5.75 Å². The number of nitrogens with zero attached hydrogens (tertiary/aromatic N) is 1. The third-order valence-electron chi connectivity index (χ3n) is 3.16. The lowest BCUT2D eigenvalue weighted by atomic mass is 10.2. The fourth-order valence-electron chi connectivity index (χ4n) is 1.95. The molecule has 21 heavy (non-hydrogen) atoms. The van der Waals surface area contributed by atoms with Crippen LogP contribution in [-0.4, -0.2) is 32.0 Å². The van der Waals surface area contributed by atoms with E-state index in [4.69, 9.17) is 4.74 Å². The van der Waals surface area contributed by atoms with Gasteiger partial charge < -0.3 is 15.0 Å². The van der Waals surface area contributed by atoms with E-state index in [-0.39, 0.29) is 17.7 Å². The van der Waals surface area contributed by atoms with Gasteiger partial charge in [-0.15, -0.1) is 0 Å². The Morgan fingerprint density at radius 1 is 1.33 bits per heavy atom. The van der Waals surface area contributed by atoms with Crippen molar-refractivity contribution < 1.29 is 14.3 Å². The van der Waals surface area contributed by atoms with Gasteiger partial charge in [0.2, 0.25) is 11.8 Å². The summed E-state index contributed by atoms with van der Waals surface area (Å²) in [6.07, 6.45) is 0. The summed E-state index contributed by atoms with van der Waals surface area (Å²) in [4.78, 5) is 25.1. The lowest BCUT2D eigenvalue weighted by Crippen LogP contribution is -2.39. The second kappa shape index (κ2) is 7.67. The van der Waals surface area contributed by atoms with Crippen molar-refractivity contribution in [2.45, 2.75) is 27.7 Å². The third kappa shape index (κ3) is 4.77. The predicted molar refractivity (Wildman–Crippen MR) is 83.6 cm³/mol. The number of ether oxygens (including phenoxy) is 1. The predicted octanol–water partition coefficient (Wildman–Crippen LogP) is 2.13. The van der Waals surface area contributed by atoms with E-state index in [2.05, 4.69) is 5.32 Å². The number of anilines is 1. The van der Waals surface area contributed by atoms with Gasteiger partial charge in [0.25, 0.3) is 0 Å². The quantitative estimate of drug-likeness (QED) is 0.874. The molecule has 0 unspecified atom stereocenters. The van der Waals surface area contributed by atoms with Crippen molar-refractivity contribution in [2.24, 2.45) is 5.92 Å². The molecule has 0 heterocycles. The van der Waals surface area contributed by atoms with Crippen LogP contribution >= 0.6 is 0 Å². The minimum absolute atomic E-state index is 0.0188. The Balaban J connectivity index is 2.85. The van der Waals surface area contributed by atoms with Crippen LogP contribution in [0.1, 0.15) is 26.3 Å². The van der Waals surface area contributed by atoms with Crippen LogP contribution in [0.25, 0.3) is 0 Å². The highest BCUT2D eigenvalue weighted by Crippen LogP contribution is 2.29. The van der Waals surface area contributed by atoms with Gasteiger partial charge in [-0.05, 0) is 24.6 Å². The number of nitrogens with one attached hydrogen (secondary N) is 1. The van der Waals surface area contributed by atoms with Gasteiger partial charge in [0.05, 0.1) is 12.8 Å². The molecule has 0 fully saturated rings. The topological polar surface area (TPSA) is 58.6 Å². The number of aryl methyl sites for hydroxylation is 1. The molecule has 116 valence electrons. The van der Waals surface area contributed by atoms with E-state index in [9.17, 15) is 9.59 Å². The van der Waals surface area contributed by atoms with Gasteiger partial charge in [-0.25, -0.2) is 0 Å². The first-order valence-electron chi connectivity index (χ1n) is 7.07. The molecule has 1 aromatic carbocycles. The highest BCUT2D eigenvalue weighted by molar-refractivity contribution is 5.93. The standard InChI is InChI=1S/C16H24N2O3/c1-11(2)16(20)17-8-9-18(13(4)19)14-10-12(3)6-7-15(14)21-5/h6-7,10-11H,8-9H2,1-5H3,(H,17,20). The number of hydrogen-bond donors (Lipinski definition) is 1. The summed E-state index contributed by atoms with van der Waals surface area (Å²) in [5.74, 6) is 0.475. The van der Waals surface area contributed by atoms with Crippen molar-refractivity contribution in [2.75, 3.05) is 25.1 Å². The fraction of sp³-hybridized carbons (Fsp3) is 0.500. The molecule has 5 nitrogen and oxygen atoms in total. The normalized spacial score (nSPS) is 10.4. The van der Waals surface area contributed by atoms with Crippen molar-refractivity contribution in [1.29, 1.82) is 0 Å². The van der Waals surface area contributed by atoms with Gasteiger partial charge in [-0.1, -0.05) is 19.9 Å². The lowest BCUT2D eigenvalue weighted by molar-refractivity contribution is -0.124. The third-order valence-corrected chi connectivity index (χ3v) is 3.16. The molecule has 2 amide bonds. The molecule has 1 N–H and O–H groups in total. The van der Waals surface area contributed by atoms with E-state index in [0.29, 0.717) is 18.8 Å². The van der Waals surface area contributed by atoms with Crippen molar-refractivity contribution >= 4 is 17.5 Å². The molecule has 0 aromatic heterocycles. The number of rotatable bonds is 6. The average Bonchev–Trinajstić information content (AvgIpc) is 2.42. The maximum Gasteiger partial charge on any atom is 0.224 e. The van der Waals surface area contributed by atoms with Gasteiger partial charge in [0.15, 0.2) is 0 Å². The molecule has 0 aliphatic carbocycles. The van der Waals surface area contributed by atoms with Crippen LogP contribution in [0.3, 0.4) is 0 Å². The van der Waals surface area contributed by atoms with E-state index in [1.165, 1.54) is 6.92 Å². The summed E-state index contributed by atoms with van der Waals surface area (Å²) >= 11 is 0. The number of carbonyl (C=O) groups excluding carboxylic acids is 2. The second-order valence-corrected chi connectivity index (χ2v) is 5.29. The summed E-state index contributed by atoms with van der Waals surface area (Å²) in [6.45, 7) is 7.96. The van der Waals surface area contributed by atoms with Crippen molar-refractivity contribution in [3.05, 3.63) is 23.8 Å². The fourth-order valence-corrected chi connectivity index (χ4v) is 1.95. The largest absolute Gasteiger partial charge is 0.495 e. The van der Waals surface area contributed by atoms with Gasteiger partial charge in [0, 0.05) is 25.9 Å². The Morgan fingerprint density at radius 2 is 2.00 bits per heavy atom. The summed E-state index contributed by atoms with van der Waals surface area (Å²) < 4.78 is 5.32. The molecule has 0 spiro atoms. The Morgan fingerprint density at radius 3 is 2.52 bits per heavy atom. The van der Waals surface area contributed by atoms with Crippen LogP contribution in [-0.2, 0) is 9.59 Å². The molecular weight excluding hydrogens is 268 g/mol. The van der Waals surface area contributed by atoms with Crippen LogP contribution in [0.5, 0.6) is 5.75 Å². The number of benzene rings is 1. The maximum absolute atomic E-state index is 11.9. The van der Waals surface area contributed by atoms with Crippen LogP contribution in [0.15, 0.2) is 18.2 Å². The number of carbonyl (C=O) groups is 2. The van der Waals surface area contributed by atoms with Gasteiger partial charge in [-0.3, -0.25) is 9.59 Å². The molecule has 0 radical (unpaired) electrons. The van der Waals surface area contributed by atoms with Crippen LogP contribution in [0, 0.1) is 12.8 Å². The first-order valence-corrected chi connectivity index (χ1v) is 7.07. The van der Waals surface area contributed by atoms with Gasteiger partial charge in [-0.2, -0.15) is 0 Å². The van der Waals surface area contributed by atoms with E-state index < -0.39 is 0 Å². The minimum Gasteiger partial charge on any atom is -0.495 e. The molecule has 5 heteroatoms. The Bertz CT molecular complexity index is 512. The summed E-state index contributed by atoms with van der Waals surface area (Å²) in [5, 5.41) is 2.82. The molecule has 0 saturated carbocycles. The number of amides is 2. The zero-order valence-electron chi connectivity index (χ0n) is 13.4. The molecule has 0 atom stereocenters. The average molecular weight is 292 g/mol. The maximum atomic E-state index is 11.9. The van der Waals surface area contributed by atoms with E-state index in [0.717, 1.165) is 11.3 Å². The van der Waals surface area contributed by atoms with E-state index in [1.54, 1.807) is 12.0 Å². The Hall–Kier alpha value is -2.04. The smallest absolute Gasteiger partial charge is 0.224 e. The lowest BCUT2D eigenvalue weighted by Gasteiger charge is -2.24. The zero-order valence-corrected chi connectivity index (χ0v) is 13.4. The van der Waals surface area contributed by atoms with Gasteiger partial charge >= 0.3 is 0 Å². The van der Waals surface area contributed by atoms with Crippen LogP contribution in [0.4, 0.5) is 5.69 Å². The Kier molecular flexibility index (Phi) is 6.21. The van der Waals surface area contributed by atoms with Gasteiger partial charge in [0.1, 0.15) is 5.75 Å². The molecule has 0 bridgehead atoms. The van der Waals surface area contributed by atoms with Crippen LogP contribution in [0.2, 0.25) is 0 Å².